The van der Waals surface area contributed by atoms with Crippen molar-refractivity contribution in [3.63, 3.8) is 0 Å². The fourth-order valence-electron chi connectivity index (χ4n) is 2.11. The van der Waals surface area contributed by atoms with Gasteiger partial charge in [-0.05, 0) is 64.4 Å². The van der Waals surface area contributed by atoms with Gasteiger partial charge in [-0.15, -0.1) is 0 Å². The lowest BCUT2D eigenvalue weighted by molar-refractivity contribution is 0.235. The van der Waals surface area contributed by atoms with Gasteiger partial charge in [0.15, 0.2) is 0 Å². The quantitative estimate of drug-likeness (QED) is 0.822. The molecule has 108 valence electrons. The molecule has 2 N–H and O–H groups in total. The van der Waals surface area contributed by atoms with Crippen molar-refractivity contribution in [1.29, 1.82) is 0 Å². The number of halogens is 2. The van der Waals surface area contributed by atoms with Gasteiger partial charge in [-0.2, -0.15) is 0 Å². The molecule has 1 aromatic rings. The first-order valence-corrected chi connectivity index (χ1v) is 7.62. The van der Waals surface area contributed by atoms with Crippen LogP contribution in [0, 0.1) is 0 Å². The van der Waals surface area contributed by atoms with Gasteiger partial charge in [0.25, 0.3) is 0 Å². The Morgan fingerprint density at radius 1 is 1.26 bits per heavy atom. The lowest BCUT2D eigenvalue weighted by atomic mass is 10.1. The van der Waals surface area contributed by atoms with E-state index in [1.54, 1.807) is 0 Å². The molecule has 0 aliphatic heterocycles. The highest BCUT2D eigenvalue weighted by Gasteiger charge is 2.18. The second-order valence-corrected chi connectivity index (χ2v) is 6.38. The van der Waals surface area contributed by atoms with E-state index in [0.717, 1.165) is 34.6 Å². The topological polar surface area (TPSA) is 32.5 Å². The minimum Gasteiger partial charge on any atom is -0.329 e. The molecule has 0 saturated carbocycles. The molecule has 1 unspecified atom stereocenters. The molecular formula is C14H23BrClN3. The molecule has 0 aliphatic rings. The van der Waals surface area contributed by atoms with Crippen LogP contribution in [0.2, 0.25) is 5.02 Å². The van der Waals surface area contributed by atoms with Gasteiger partial charge in [0, 0.05) is 22.1 Å². The Kier molecular flexibility index (Phi) is 7.32. The van der Waals surface area contributed by atoms with Crippen LogP contribution >= 0.6 is 27.5 Å². The highest BCUT2D eigenvalue weighted by Crippen LogP contribution is 2.29. The summed E-state index contributed by atoms with van der Waals surface area (Å²) in [5.74, 6) is 0. The van der Waals surface area contributed by atoms with Crippen LogP contribution in [0.15, 0.2) is 22.7 Å². The zero-order chi connectivity index (χ0) is 14.4. The summed E-state index contributed by atoms with van der Waals surface area (Å²) in [6, 6.07) is 6.08. The predicted molar refractivity (Wildman–Crippen MR) is 86.7 cm³/mol. The molecule has 0 aromatic heterocycles. The molecule has 0 spiro atoms. The Bertz CT molecular complexity index is 398. The van der Waals surface area contributed by atoms with Gasteiger partial charge in [0.1, 0.15) is 0 Å². The average molecular weight is 349 g/mol. The third kappa shape index (κ3) is 5.40. The summed E-state index contributed by atoms with van der Waals surface area (Å²) >= 11 is 9.78. The third-order valence-corrected chi connectivity index (χ3v) is 4.03. The van der Waals surface area contributed by atoms with Crippen molar-refractivity contribution in [2.24, 2.45) is 5.73 Å². The maximum Gasteiger partial charge on any atom is 0.0482 e. The largest absolute Gasteiger partial charge is 0.329 e. The molecule has 1 rings (SSSR count). The first-order chi connectivity index (χ1) is 8.95. The molecule has 0 amide bonds. The Labute approximate surface area is 129 Å². The fourth-order valence-corrected chi connectivity index (χ4v) is 2.73. The molecule has 5 heteroatoms. The van der Waals surface area contributed by atoms with E-state index in [1.165, 1.54) is 0 Å². The van der Waals surface area contributed by atoms with Crippen LogP contribution in [0.4, 0.5) is 0 Å². The maximum absolute atomic E-state index is 6.29. The van der Waals surface area contributed by atoms with E-state index in [4.69, 9.17) is 17.3 Å². The predicted octanol–water partition coefficient (Wildman–Crippen LogP) is 2.99. The van der Waals surface area contributed by atoms with Crippen LogP contribution in [0.1, 0.15) is 18.0 Å². The Hall–Kier alpha value is -0.130. The van der Waals surface area contributed by atoms with E-state index in [9.17, 15) is 0 Å². The Balaban J connectivity index is 2.73. The summed E-state index contributed by atoms with van der Waals surface area (Å²) in [4.78, 5) is 4.47. The van der Waals surface area contributed by atoms with Gasteiger partial charge >= 0.3 is 0 Å². The second-order valence-electron chi connectivity index (χ2n) is 5.05. The van der Waals surface area contributed by atoms with Crippen molar-refractivity contribution in [3.8, 4) is 0 Å². The second kappa shape index (κ2) is 8.22. The van der Waals surface area contributed by atoms with Crippen LogP contribution in [0.3, 0.4) is 0 Å². The smallest absolute Gasteiger partial charge is 0.0482 e. The number of nitrogens with zero attached hydrogens (tertiary/aromatic N) is 2. The molecule has 0 aliphatic carbocycles. The van der Waals surface area contributed by atoms with E-state index >= 15 is 0 Å². The van der Waals surface area contributed by atoms with Crippen molar-refractivity contribution in [2.75, 3.05) is 40.8 Å². The van der Waals surface area contributed by atoms with Crippen LogP contribution < -0.4 is 5.73 Å². The van der Waals surface area contributed by atoms with Crippen LogP contribution in [0.5, 0.6) is 0 Å². The summed E-state index contributed by atoms with van der Waals surface area (Å²) in [7, 11) is 6.28. The lowest BCUT2D eigenvalue weighted by Gasteiger charge is -2.28. The Morgan fingerprint density at radius 2 is 1.95 bits per heavy atom. The van der Waals surface area contributed by atoms with Gasteiger partial charge in [-0.3, -0.25) is 4.90 Å². The zero-order valence-electron chi connectivity index (χ0n) is 11.9. The molecule has 0 radical (unpaired) electrons. The number of rotatable bonds is 7. The summed E-state index contributed by atoms with van der Waals surface area (Å²) < 4.78 is 1.03. The molecular weight excluding hydrogens is 326 g/mol. The van der Waals surface area contributed by atoms with Crippen molar-refractivity contribution < 1.29 is 0 Å². The zero-order valence-corrected chi connectivity index (χ0v) is 14.2. The van der Waals surface area contributed by atoms with Gasteiger partial charge in [0.05, 0.1) is 0 Å². The fraction of sp³-hybridized carbons (Fsp3) is 0.571. The maximum atomic E-state index is 6.29. The van der Waals surface area contributed by atoms with Crippen molar-refractivity contribution in [1.82, 2.24) is 9.80 Å². The number of hydrogen-bond acceptors (Lipinski definition) is 3. The van der Waals surface area contributed by atoms with E-state index < -0.39 is 0 Å². The highest BCUT2D eigenvalue weighted by atomic mass is 79.9. The molecule has 1 atom stereocenters. The number of hydrogen-bond donors (Lipinski definition) is 1. The van der Waals surface area contributed by atoms with Crippen LogP contribution in [0.25, 0.3) is 0 Å². The first-order valence-electron chi connectivity index (χ1n) is 6.45. The first kappa shape index (κ1) is 16.9. The van der Waals surface area contributed by atoms with Crippen molar-refractivity contribution in [2.45, 2.75) is 12.5 Å². The van der Waals surface area contributed by atoms with Gasteiger partial charge in [0.2, 0.25) is 0 Å². The summed E-state index contributed by atoms with van der Waals surface area (Å²) in [6.07, 6.45) is 1.12. The number of benzene rings is 1. The summed E-state index contributed by atoms with van der Waals surface area (Å²) in [5.41, 5.74) is 7.02. The standard InChI is InChI=1S/C14H23BrClN3/c1-18(2)7-4-8-19(3)14(10-17)12-9-11(15)5-6-13(12)16/h5-6,9,14H,4,7-8,10,17H2,1-3H3. The summed E-state index contributed by atoms with van der Waals surface area (Å²) in [5, 5.41) is 0.776. The normalized spacial score (nSPS) is 13.3. The van der Waals surface area contributed by atoms with Gasteiger partial charge < -0.3 is 10.6 Å². The lowest BCUT2D eigenvalue weighted by Crippen LogP contribution is -2.32. The monoisotopic (exact) mass is 347 g/mol. The minimum absolute atomic E-state index is 0.159. The Morgan fingerprint density at radius 3 is 2.53 bits per heavy atom. The number of nitrogens with two attached hydrogens (primary N) is 1. The highest BCUT2D eigenvalue weighted by molar-refractivity contribution is 9.10. The third-order valence-electron chi connectivity index (χ3n) is 3.19. The van der Waals surface area contributed by atoms with Crippen molar-refractivity contribution >= 4 is 27.5 Å². The molecule has 19 heavy (non-hydrogen) atoms. The molecule has 0 fully saturated rings. The van der Waals surface area contributed by atoms with E-state index in [1.807, 2.05) is 12.1 Å². The van der Waals surface area contributed by atoms with Gasteiger partial charge in [-0.1, -0.05) is 27.5 Å². The van der Waals surface area contributed by atoms with E-state index in [0.29, 0.717) is 6.54 Å². The molecule has 0 heterocycles. The summed E-state index contributed by atoms with van der Waals surface area (Å²) in [6.45, 7) is 2.64. The molecule has 0 bridgehead atoms. The molecule has 1 aromatic carbocycles. The molecule has 3 nitrogen and oxygen atoms in total. The average Bonchev–Trinajstić information content (AvgIpc) is 2.34. The van der Waals surface area contributed by atoms with Crippen LogP contribution in [-0.4, -0.2) is 50.6 Å². The molecule has 0 saturated heterocycles. The SMILES string of the molecule is CN(C)CCCN(C)C(CN)c1cc(Br)ccc1Cl. The van der Waals surface area contributed by atoms with E-state index in [-0.39, 0.29) is 6.04 Å². The number of likely N-dealkylation sites (N-methyl/N-ethyl adjacent to an activating group) is 1. The van der Waals surface area contributed by atoms with E-state index in [2.05, 4.69) is 52.9 Å². The van der Waals surface area contributed by atoms with Crippen LogP contribution in [-0.2, 0) is 0 Å². The minimum atomic E-state index is 0.159. The van der Waals surface area contributed by atoms with Gasteiger partial charge in [-0.25, -0.2) is 0 Å². The van der Waals surface area contributed by atoms with Crippen molar-refractivity contribution in [3.05, 3.63) is 33.3 Å².